The van der Waals surface area contributed by atoms with Crippen molar-refractivity contribution < 1.29 is 0 Å². The molecule has 0 bridgehead atoms. The van der Waals surface area contributed by atoms with Crippen molar-refractivity contribution in [3.63, 3.8) is 0 Å². The molecular weight excluding hydrogens is 777 g/mol. The van der Waals surface area contributed by atoms with Gasteiger partial charge in [0, 0.05) is 27.1 Å². The fourth-order valence-electron chi connectivity index (χ4n) is 10.5. The van der Waals surface area contributed by atoms with Crippen LogP contribution < -0.4 is 20.7 Å². The highest BCUT2D eigenvalue weighted by molar-refractivity contribution is 7.20. The molecule has 0 saturated carbocycles. The lowest BCUT2D eigenvalue weighted by Gasteiger charge is -2.35. The summed E-state index contributed by atoms with van der Waals surface area (Å²) in [5, 5.41) is 10.5. The van der Waals surface area contributed by atoms with E-state index in [0.29, 0.717) is 0 Å². The molecule has 3 heteroatoms. The first kappa shape index (κ1) is 36.8. The number of nitrogens with zero attached hydrogens (tertiary/aromatic N) is 2. The highest BCUT2D eigenvalue weighted by atomic mass is 28.3. The Balaban J connectivity index is 1.20. The van der Waals surface area contributed by atoms with Crippen molar-refractivity contribution in [1.29, 1.82) is 0 Å². The van der Waals surface area contributed by atoms with Gasteiger partial charge in [-0.1, -0.05) is 224 Å². The SMILES string of the molecule is c1ccc(-c2ccccc2-c2ccccc2-n2c3ccccc3c3cccc(-n4c5ccccc5c5c([Si](c6ccccc6)(c6ccccc6)c6ccccc6)cccc54)c32)cc1. The molecule has 2 nitrogen and oxygen atoms in total. The van der Waals surface area contributed by atoms with Crippen LogP contribution in [0.3, 0.4) is 0 Å². The van der Waals surface area contributed by atoms with Crippen LogP contribution in [0.5, 0.6) is 0 Å². The van der Waals surface area contributed by atoms with Crippen LogP contribution in [0.4, 0.5) is 0 Å². The number of rotatable bonds is 8. The lowest BCUT2D eigenvalue weighted by molar-refractivity contribution is 1.13. The van der Waals surface area contributed by atoms with Crippen molar-refractivity contribution in [1.82, 2.24) is 9.13 Å². The second-order valence-corrected chi connectivity index (χ2v) is 20.1. The molecule has 0 amide bonds. The van der Waals surface area contributed by atoms with Gasteiger partial charge in [-0.15, -0.1) is 0 Å². The first-order chi connectivity index (χ1) is 31.3. The first-order valence-electron chi connectivity index (χ1n) is 21.8. The molecule has 0 aliphatic heterocycles. The number of benzene rings is 10. The summed E-state index contributed by atoms with van der Waals surface area (Å²) in [4.78, 5) is 0. The van der Waals surface area contributed by atoms with Crippen LogP contribution in [0.25, 0.3) is 77.2 Å². The van der Waals surface area contributed by atoms with Gasteiger partial charge < -0.3 is 9.13 Å². The molecular formula is C60H42N2Si. The van der Waals surface area contributed by atoms with E-state index < -0.39 is 8.07 Å². The second kappa shape index (κ2) is 15.2. The normalized spacial score (nSPS) is 11.8. The Hall–Kier alpha value is -7.98. The maximum Gasteiger partial charge on any atom is 0.180 e. The predicted molar refractivity (Wildman–Crippen MR) is 270 cm³/mol. The van der Waals surface area contributed by atoms with Crippen LogP contribution in [0.2, 0.25) is 0 Å². The number of fused-ring (bicyclic) bond motifs is 6. The quantitative estimate of drug-likeness (QED) is 0.107. The standard InChI is InChI=1S/C60H42N2Si/c1-5-23-43(24-6-1)47-31-13-14-32-48(47)49-33-15-18-37-53(49)62-54-38-19-16-34-50(54)51-36-21-41-57(60(51)62)61-55-39-20-17-35-52(55)59-56(61)40-22-42-58(59)63(44-25-7-2-8-26-44,45-27-9-3-10-28-45)46-29-11-4-12-30-46/h1-42H. The third-order valence-corrected chi connectivity index (χ3v) is 17.9. The molecule has 63 heavy (non-hydrogen) atoms. The summed E-state index contributed by atoms with van der Waals surface area (Å²) in [6.45, 7) is 0. The highest BCUT2D eigenvalue weighted by Crippen LogP contribution is 2.43. The van der Waals surface area contributed by atoms with Gasteiger partial charge in [-0.3, -0.25) is 0 Å². The zero-order valence-electron chi connectivity index (χ0n) is 34.6. The predicted octanol–water partition coefficient (Wildman–Crippen LogP) is 12.6. The summed E-state index contributed by atoms with van der Waals surface area (Å²) >= 11 is 0. The number of aromatic nitrogens is 2. The number of para-hydroxylation sites is 4. The van der Waals surface area contributed by atoms with Crippen LogP contribution >= 0.6 is 0 Å². The minimum absolute atomic E-state index is 1.14. The average molecular weight is 819 g/mol. The van der Waals surface area contributed by atoms with Crippen LogP contribution in [-0.4, -0.2) is 17.2 Å². The lowest BCUT2D eigenvalue weighted by atomic mass is 9.93. The van der Waals surface area contributed by atoms with Gasteiger partial charge in [0.25, 0.3) is 0 Å². The van der Waals surface area contributed by atoms with Gasteiger partial charge in [0.2, 0.25) is 0 Å². The summed E-state index contributed by atoms with van der Waals surface area (Å²) < 4.78 is 5.07. The topological polar surface area (TPSA) is 9.86 Å². The van der Waals surface area contributed by atoms with Crippen LogP contribution in [-0.2, 0) is 0 Å². The molecule has 0 fully saturated rings. The maximum absolute atomic E-state index is 2.91. The Kier molecular flexibility index (Phi) is 8.87. The molecule has 0 spiro atoms. The van der Waals surface area contributed by atoms with Crippen LogP contribution in [0.1, 0.15) is 0 Å². The van der Waals surface area contributed by atoms with E-state index >= 15 is 0 Å². The minimum Gasteiger partial charge on any atom is -0.307 e. The molecule has 0 aliphatic carbocycles. The summed E-state index contributed by atoms with van der Waals surface area (Å²) in [7, 11) is -2.91. The van der Waals surface area contributed by atoms with E-state index in [1.807, 2.05) is 0 Å². The van der Waals surface area contributed by atoms with Gasteiger partial charge >= 0.3 is 0 Å². The van der Waals surface area contributed by atoms with E-state index in [2.05, 4.69) is 264 Å². The zero-order chi connectivity index (χ0) is 41.7. The largest absolute Gasteiger partial charge is 0.307 e. The zero-order valence-corrected chi connectivity index (χ0v) is 35.6. The smallest absolute Gasteiger partial charge is 0.180 e. The Morgan fingerprint density at radius 3 is 1.37 bits per heavy atom. The van der Waals surface area contributed by atoms with E-state index in [4.69, 9.17) is 0 Å². The molecule has 2 heterocycles. The van der Waals surface area contributed by atoms with Crippen LogP contribution in [0, 0.1) is 0 Å². The maximum atomic E-state index is 2.55. The third-order valence-electron chi connectivity index (χ3n) is 13.1. The Morgan fingerprint density at radius 1 is 0.270 bits per heavy atom. The molecule has 0 radical (unpaired) electrons. The first-order valence-corrected chi connectivity index (χ1v) is 23.8. The van der Waals surface area contributed by atoms with Gasteiger partial charge in [-0.05, 0) is 67.8 Å². The number of hydrogen-bond acceptors (Lipinski definition) is 0. The minimum atomic E-state index is -2.91. The average Bonchev–Trinajstić information content (AvgIpc) is 3.89. The third kappa shape index (κ3) is 5.71. The van der Waals surface area contributed by atoms with Gasteiger partial charge in [-0.2, -0.15) is 0 Å². The molecule has 0 N–H and O–H groups in total. The van der Waals surface area contributed by atoms with Crippen molar-refractivity contribution in [2.24, 2.45) is 0 Å². The van der Waals surface area contributed by atoms with Gasteiger partial charge in [0.1, 0.15) is 0 Å². The second-order valence-electron chi connectivity index (χ2n) is 16.4. The Morgan fingerprint density at radius 2 is 0.714 bits per heavy atom. The van der Waals surface area contributed by atoms with Crippen molar-refractivity contribution in [2.75, 3.05) is 0 Å². The van der Waals surface area contributed by atoms with E-state index in [-0.39, 0.29) is 0 Å². The summed E-state index contributed by atoms with van der Waals surface area (Å²) in [6, 6.07) is 94.2. The molecule has 0 atom stereocenters. The fourth-order valence-corrected chi connectivity index (χ4v) is 15.5. The van der Waals surface area contributed by atoms with Gasteiger partial charge in [0.05, 0.1) is 33.4 Å². The molecule has 296 valence electrons. The molecule has 0 saturated heterocycles. The summed E-state index contributed by atoms with van der Waals surface area (Å²) in [5.41, 5.74) is 11.8. The highest BCUT2D eigenvalue weighted by Gasteiger charge is 2.43. The van der Waals surface area contributed by atoms with Crippen LogP contribution in [0.15, 0.2) is 255 Å². The van der Waals surface area contributed by atoms with Crippen molar-refractivity contribution >= 4 is 72.4 Å². The Labute approximate surface area is 368 Å². The van der Waals surface area contributed by atoms with Gasteiger partial charge in [-0.25, -0.2) is 0 Å². The number of hydrogen-bond donors (Lipinski definition) is 0. The van der Waals surface area contributed by atoms with E-state index in [9.17, 15) is 0 Å². The molecule has 2 aromatic heterocycles. The van der Waals surface area contributed by atoms with Crippen molar-refractivity contribution in [3.8, 4) is 33.6 Å². The van der Waals surface area contributed by atoms with Gasteiger partial charge in [0.15, 0.2) is 8.07 Å². The molecule has 0 aliphatic rings. The van der Waals surface area contributed by atoms with Crippen molar-refractivity contribution in [2.45, 2.75) is 0 Å². The van der Waals surface area contributed by atoms with E-state index in [1.54, 1.807) is 0 Å². The lowest BCUT2D eigenvalue weighted by Crippen LogP contribution is -2.74. The van der Waals surface area contributed by atoms with E-state index in [0.717, 1.165) is 11.4 Å². The molecule has 12 rings (SSSR count). The monoisotopic (exact) mass is 818 g/mol. The molecule has 12 aromatic rings. The Bertz CT molecular complexity index is 3510. The summed E-state index contributed by atoms with van der Waals surface area (Å²) in [5.74, 6) is 0. The molecule has 10 aromatic carbocycles. The molecule has 0 unspecified atom stereocenters. The van der Waals surface area contributed by atoms with E-state index in [1.165, 1.54) is 86.6 Å². The van der Waals surface area contributed by atoms with Crippen molar-refractivity contribution in [3.05, 3.63) is 255 Å². The summed E-state index contributed by atoms with van der Waals surface area (Å²) in [6.07, 6.45) is 0. The fraction of sp³-hybridized carbons (Fsp3) is 0.